The number of aliphatic carboxylic acids is 1. The molecule has 2 N–H and O–H groups in total. The Hall–Kier alpha value is -1.06. The number of carboxylic acid groups (broad SMARTS) is 1. The third kappa shape index (κ3) is 3.71. The molecule has 0 aromatic rings. The molecule has 108 valence electrons. The summed E-state index contributed by atoms with van der Waals surface area (Å²) in [6.45, 7) is 2.18. The maximum Gasteiger partial charge on any atom is 0.303 e. The zero-order valence-corrected chi connectivity index (χ0v) is 11.8. The average Bonchev–Trinajstić information content (AvgIpc) is 2.89. The quantitative estimate of drug-likeness (QED) is 0.805. The number of rotatable bonds is 5. The Kier molecular flexibility index (Phi) is 4.48. The molecular weight excluding hydrogens is 242 g/mol. The number of hydrogen-bond acceptors (Lipinski definition) is 2. The van der Waals surface area contributed by atoms with Crippen molar-refractivity contribution in [2.24, 2.45) is 11.3 Å². The molecular formula is C15H25NO3. The van der Waals surface area contributed by atoms with E-state index < -0.39 is 5.97 Å². The molecule has 0 bridgehead atoms. The Labute approximate surface area is 115 Å². The first-order valence-corrected chi connectivity index (χ1v) is 7.52. The smallest absolute Gasteiger partial charge is 0.303 e. The SMILES string of the molecule is CC1CCCC1NC(=O)CC1(CC(=O)O)CCCC1. The molecule has 19 heavy (non-hydrogen) atoms. The molecule has 0 aromatic heterocycles. The van der Waals surface area contributed by atoms with E-state index in [9.17, 15) is 9.59 Å². The van der Waals surface area contributed by atoms with Crippen LogP contribution in [0, 0.1) is 11.3 Å². The van der Waals surface area contributed by atoms with E-state index >= 15 is 0 Å². The van der Waals surface area contributed by atoms with Crippen LogP contribution in [0.15, 0.2) is 0 Å². The monoisotopic (exact) mass is 267 g/mol. The molecule has 2 aliphatic rings. The zero-order valence-electron chi connectivity index (χ0n) is 11.8. The van der Waals surface area contributed by atoms with E-state index in [4.69, 9.17) is 5.11 Å². The minimum absolute atomic E-state index is 0.0573. The van der Waals surface area contributed by atoms with E-state index in [2.05, 4.69) is 12.2 Å². The lowest BCUT2D eigenvalue weighted by atomic mass is 9.79. The van der Waals surface area contributed by atoms with Crippen LogP contribution in [0.25, 0.3) is 0 Å². The van der Waals surface area contributed by atoms with Gasteiger partial charge in [-0.25, -0.2) is 0 Å². The van der Waals surface area contributed by atoms with Crippen LogP contribution in [-0.2, 0) is 9.59 Å². The van der Waals surface area contributed by atoms with Gasteiger partial charge in [-0.15, -0.1) is 0 Å². The molecule has 2 unspecified atom stereocenters. The fourth-order valence-corrected chi connectivity index (χ4v) is 3.82. The number of nitrogens with one attached hydrogen (secondary N) is 1. The molecule has 0 aliphatic heterocycles. The van der Waals surface area contributed by atoms with Crippen LogP contribution in [0.1, 0.15) is 64.7 Å². The minimum atomic E-state index is -0.774. The van der Waals surface area contributed by atoms with Crippen LogP contribution in [0.2, 0.25) is 0 Å². The van der Waals surface area contributed by atoms with Crippen LogP contribution >= 0.6 is 0 Å². The van der Waals surface area contributed by atoms with Crippen molar-refractivity contribution in [1.29, 1.82) is 0 Å². The number of amides is 1. The third-order valence-electron chi connectivity index (χ3n) is 4.93. The van der Waals surface area contributed by atoms with Crippen molar-refractivity contribution in [3.05, 3.63) is 0 Å². The average molecular weight is 267 g/mol. The molecule has 2 aliphatic carbocycles. The summed E-state index contributed by atoms with van der Waals surface area (Å²) in [5.41, 5.74) is -0.280. The summed E-state index contributed by atoms with van der Waals surface area (Å²) >= 11 is 0. The molecule has 2 rings (SSSR count). The minimum Gasteiger partial charge on any atom is -0.481 e. The van der Waals surface area contributed by atoms with Crippen molar-refractivity contribution in [2.45, 2.75) is 70.8 Å². The summed E-state index contributed by atoms with van der Waals surface area (Å²) in [5.74, 6) is -0.159. The highest BCUT2D eigenvalue weighted by Crippen LogP contribution is 2.44. The normalized spacial score (nSPS) is 29.3. The van der Waals surface area contributed by atoms with Gasteiger partial charge >= 0.3 is 5.97 Å². The largest absolute Gasteiger partial charge is 0.481 e. The maximum atomic E-state index is 12.2. The molecule has 2 atom stereocenters. The molecule has 2 fully saturated rings. The molecule has 0 heterocycles. The highest BCUT2D eigenvalue weighted by molar-refractivity contribution is 5.78. The summed E-state index contributed by atoms with van der Waals surface area (Å²) in [7, 11) is 0. The van der Waals surface area contributed by atoms with Crippen molar-refractivity contribution in [3.8, 4) is 0 Å². The lowest BCUT2D eigenvalue weighted by molar-refractivity contribution is -0.140. The molecule has 0 aromatic carbocycles. The van der Waals surface area contributed by atoms with E-state index in [1.54, 1.807) is 0 Å². The van der Waals surface area contributed by atoms with E-state index in [1.807, 2.05) is 0 Å². The van der Waals surface area contributed by atoms with E-state index in [0.29, 0.717) is 18.4 Å². The van der Waals surface area contributed by atoms with E-state index in [0.717, 1.165) is 32.1 Å². The molecule has 1 amide bonds. The number of carbonyl (C=O) groups excluding carboxylic acids is 1. The molecule has 0 radical (unpaired) electrons. The van der Waals surface area contributed by atoms with Crippen molar-refractivity contribution in [1.82, 2.24) is 5.32 Å². The van der Waals surface area contributed by atoms with Crippen molar-refractivity contribution >= 4 is 11.9 Å². The Morgan fingerprint density at radius 1 is 1.16 bits per heavy atom. The van der Waals surface area contributed by atoms with Gasteiger partial charge in [0.05, 0.1) is 6.42 Å². The maximum absolute atomic E-state index is 12.2. The van der Waals surface area contributed by atoms with Crippen LogP contribution in [-0.4, -0.2) is 23.0 Å². The van der Waals surface area contributed by atoms with Gasteiger partial charge in [0.25, 0.3) is 0 Å². The summed E-state index contributed by atoms with van der Waals surface area (Å²) in [5, 5.41) is 12.2. The van der Waals surface area contributed by atoms with Crippen molar-refractivity contribution < 1.29 is 14.7 Å². The third-order valence-corrected chi connectivity index (χ3v) is 4.93. The first kappa shape index (κ1) is 14.4. The zero-order chi connectivity index (χ0) is 13.9. The lowest BCUT2D eigenvalue weighted by Crippen LogP contribution is -2.39. The van der Waals surface area contributed by atoms with Crippen LogP contribution in [0.4, 0.5) is 0 Å². The second kappa shape index (κ2) is 5.93. The second-order valence-corrected chi connectivity index (χ2v) is 6.54. The first-order valence-electron chi connectivity index (χ1n) is 7.52. The second-order valence-electron chi connectivity index (χ2n) is 6.54. The van der Waals surface area contributed by atoms with Gasteiger partial charge in [0.2, 0.25) is 5.91 Å². The molecule has 4 nitrogen and oxygen atoms in total. The lowest BCUT2D eigenvalue weighted by Gasteiger charge is -2.27. The summed E-state index contributed by atoms with van der Waals surface area (Å²) in [6, 6.07) is 0.302. The van der Waals surface area contributed by atoms with Crippen molar-refractivity contribution in [3.63, 3.8) is 0 Å². The predicted molar refractivity (Wildman–Crippen MR) is 72.7 cm³/mol. The summed E-state index contributed by atoms with van der Waals surface area (Å²) in [6.07, 6.45) is 7.85. The Morgan fingerprint density at radius 2 is 1.84 bits per heavy atom. The molecule has 2 saturated carbocycles. The van der Waals surface area contributed by atoms with Crippen LogP contribution in [0.3, 0.4) is 0 Å². The Balaban J connectivity index is 1.90. The van der Waals surface area contributed by atoms with Gasteiger partial charge in [-0.05, 0) is 37.0 Å². The van der Waals surface area contributed by atoms with Gasteiger partial charge in [0, 0.05) is 12.5 Å². The first-order chi connectivity index (χ1) is 9.01. The van der Waals surface area contributed by atoms with Crippen LogP contribution in [0.5, 0.6) is 0 Å². The highest BCUT2D eigenvalue weighted by Gasteiger charge is 2.38. The summed E-state index contributed by atoms with van der Waals surface area (Å²) in [4.78, 5) is 23.2. The number of hydrogen-bond donors (Lipinski definition) is 2. The molecule has 0 spiro atoms. The van der Waals surface area contributed by atoms with Gasteiger partial charge < -0.3 is 10.4 Å². The fraction of sp³-hybridized carbons (Fsp3) is 0.867. The number of carboxylic acids is 1. The topological polar surface area (TPSA) is 66.4 Å². The Bertz CT molecular complexity index is 347. The van der Waals surface area contributed by atoms with Gasteiger partial charge in [0.1, 0.15) is 0 Å². The van der Waals surface area contributed by atoms with Crippen LogP contribution < -0.4 is 5.32 Å². The van der Waals surface area contributed by atoms with E-state index in [-0.39, 0.29) is 17.7 Å². The van der Waals surface area contributed by atoms with Crippen molar-refractivity contribution in [2.75, 3.05) is 0 Å². The molecule has 4 heteroatoms. The Morgan fingerprint density at radius 3 is 2.37 bits per heavy atom. The fourth-order valence-electron chi connectivity index (χ4n) is 3.82. The van der Waals surface area contributed by atoms with E-state index in [1.165, 1.54) is 12.8 Å². The summed E-state index contributed by atoms with van der Waals surface area (Å²) < 4.78 is 0. The standard InChI is InChI=1S/C15H25NO3/c1-11-5-4-6-12(11)16-13(17)9-15(10-14(18)19)7-2-3-8-15/h11-12H,2-10H2,1H3,(H,16,17)(H,18,19). The van der Waals surface area contributed by atoms with Gasteiger partial charge in [-0.1, -0.05) is 26.2 Å². The predicted octanol–water partition coefficient (Wildman–Crippen LogP) is 2.72. The molecule has 0 saturated heterocycles. The number of carbonyl (C=O) groups is 2. The van der Waals surface area contributed by atoms with Gasteiger partial charge in [0.15, 0.2) is 0 Å². The van der Waals surface area contributed by atoms with Gasteiger partial charge in [-0.2, -0.15) is 0 Å². The highest BCUT2D eigenvalue weighted by atomic mass is 16.4. The van der Waals surface area contributed by atoms with Gasteiger partial charge in [-0.3, -0.25) is 9.59 Å².